The number of nitrogens with two attached hydrogens (primary N) is 1. The van der Waals surface area contributed by atoms with Crippen molar-refractivity contribution in [1.82, 2.24) is 4.98 Å². The molecule has 1 unspecified atom stereocenters. The van der Waals surface area contributed by atoms with Crippen LogP contribution in [0.3, 0.4) is 0 Å². The largest absolute Gasteiger partial charge is 0.439 e. The maximum absolute atomic E-state index is 12.5. The first-order valence-corrected chi connectivity index (χ1v) is 7.65. The number of hydrogen-bond donors (Lipinski definition) is 2. The molecule has 1 aromatic heterocycles. The third-order valence-corrected chi connectivity index (χ3v) is 3.43. The number of amides is 1. The van der Waals surface area contributed by atoms with Crippen molar-refractivity contribution < 1.29 is 27.4 Å². The lowest BCUT2D eigenvalue weighted by atomic mass is 10.2. The van der Waals surface area contributed by atoms with Gasteiger partial charge in [0.1, 0.15) is 5.75 Å². The molecule has 0 aliphatic carbocycles. The Morgan fingerprint density at radius 1 is 1.18 bits per heavy atom. The molecule has 6 nitrogen and oxygen atoms in total. The van der Waals surface area contributed by atoms with E-state index in [1.54, 1.807) is 6.07 Å². The SMILES string of the molecule is COC(CN)CC(=O)Nc1ccc(Oc2ccc(C(F)(F)F)cc2)nc1.Cl.Cl. The van der Waals surface area contributed by atoms with Crippen LogP contribution in [-0.2, 0) is 15.7 Å². The fourth-order valence-electron chi connectivity index (χ4n) is 2.03. The topological polar surface area (TPSA) is 86.5 Å². The van der Waals surface area contributed by atoms with E-state index in [2.05, 4.69) is 10.3 Å². The van der Waals surface area contributed by atoms with E-state index in [0.29, 0.717) is 5.69 Å². The molecule has 1 amide bonds. The molecule has 0 aliphatic heterocycles. The second-order valence-corrected chi connectivity index (χ2v) is 5.36. The van der Waals surface area contributed by atoms with Gasteiger partial charge in [-0.25, -0.2) is 4.98 Å². The summed E-state index contributed by atoms with van der Waals surface area (Å²) < 4.78 is 48.0. The Labute approximate surface area is 172 Å². The standard InChI is InChI=1S/C17H18F3N3O3.2ClH/c1-25-14(9-21)8-15(24)23-12-4-7-16(22-10-12)26-13-5-2-11(3-6-13)17(18,19)20;;/h2-7,10,14H,8-9,21H2,1H3,(H,23,24);2*1H. The van der Waals surface area contributed by atoms with Crippen LogP contribution in [0.4, 0.5) is 18.9 Å². The number of hydrogen-bond acceptors (Lipinski definition) is 5. The van der Waals surface area contributed by atoms with Crippen LogP contribution in [-0.4, -0.2) is 30.6 Å². The third-order valence-electron chi connectivity index (χ3n) is 3.43. The minimum absolute atomic E-state index is 0. The van der Waals surface area contributed by atoms with Crippen molar-refractivity contribution in [2.24, 2.45) is 5.73 Å². The van der Waals surface area contributed by atoms with E-state index in [9.17, 15) is 18.0 Å². The highest BCUT2D eigenvalue weighted by Crippen LogP contribution is 2.31. The Hall–Kier alpha value is -2.07. The normalized spacial score (nSPS) is 11.6. The van der Waals surface area contributed by atoms with Crippen molar-refractivity contribution in [2.75, 3.05) is 19.0 Å². The Balaban J connectivity index is 0.00000364. The summed E-state index contributed by atoms with van der Waals surface area (Å²) in [4.78, 5) is 15.8. The van der Waals surface area contributed by atoms with Crippen LogP contribution in [0.2, 0.25) is 0 Å². The summed E-state index contributed by atoms with van der Waals surface area (Å²) in [6.07, 6.45) is -3.29. The fraction of sp³-hybridized carbons (Fsp3) is 0.294. The van der Waals surface area contributed by atoms with E-state index >= 15 is 0 Å². The molecule has 156 valence electrons. The van der Waals surface area contributed by atoms with E-state index in [1.165, 1.54) is 31.5 Å². The molecule has 0 spiro atoms. The molecule has 3 N–H and O–H groups in total. The van der Waals surface area contributed by atoms with Crippen LogP contribution >= 0.6 is 24.8 Å². The summed E-state index contributed by atoms with van der Waals surface area (Å²) in [7, 11) is 1.47. The predicted molar refractivity (Wildman–Crippen MR) is 103 cm³/mol. The summed E-state index contributed by atoms with van der Waals surface area (Å²) in [5, 5.41) is 2.64. The maximum Gasteiger partial charge on any atom is 0.416 e. The summed E-state index contributed by atoms with van der Waals surface area (Å²) >= 11 is 0. The highest BCUT2D eigenvalue weighted by Gasteiger charge is 2.30. The Morgan fingerprint density at radius 3 is 2.29 bits per heavy atom. The molecule has 1 aromatic carbocycles. The highest BCUT2D eigenvalue weighted by atomic mass is 35.5. The quantitative estimate of drug-likeness (QED) is 0.676. The van der Waals surface area contributed by atoms with Crippen molar-refractivity contribution in [3.05, 3.63) is 48.2 Å². The minimum Gasteiger partial charge on any atom is -0.439 e. The number of ether oxygens (including phenoxy) is 2. The number of nitrogens with one attached hydrogen (secondary N) is 1. The Bertz CT molecular complexity index is 725. The van der Waals surface area contributed by atoms with Gasteiger partial charge in [-0.2, -0.15) is 13.2 Å². The van der Waals surface area contributed by atoms with Gasteiger partial charge in [-0.15, -0.1) is 24.8 Å². The van der Waals surface area contributed by atoms with E-state index in [-0.39, 0.29) is 61.4 Å². The molecule has 1 atom stereocenters. The molecule has 0 fully saturated rings. The molecule has 0 saturated carbocycles. The molecule has 11 heteroatoms. The number of carbonyl (C=O) groups excluding carboxylic acids is 1. The molecule has 28 heavy (non-hydrogen) atoms. The van der Waals surface area contributed by atoms with Crippen molar-refractivity contribution in [3.63, 3.8) is 0 Å². The lowest BCUT2D eigenvalue weighted by Crippen LogP contribution is -2.28. The summed E-state index contributed by atoms with van der Waals surface area (Å²) in [6.45, 7) is 0.224. The van der Waals surface area contributed by atoms with Gasteiger partial charge in [0.15, 0.2) is 0 Å². The Morgan fingerprint density at radius 2 is 1.82 bits per heavy atom. The maximum atomic E-state index is 12.5. The van der Waals surface area contributed by atoms with Gasteiger partial charge >= 0.3 is 6.18 Å². The van der Waals surface area contributed by atoms with Crippen molar-refractivity contribution in [3.8, 4) is 11.6 Å². The zero-order valence-electron chi connectivity index (χ0n) is 14.7. The van der Waals surface area contributed by atoms with Gasteiger partial charge in [0, 0.05) is 19.7 Å². The molecule has 1 heterocycles. The second kappa shape index (κ2) is 11.7. The smallest absolute Gasteiger partial charge is 0.416 e. The first kappa shape index (κ1) is 25.9. The number of benzene rings is 1. The van der Waals surface area contributed by atoms with E-state index in [0.717, 1.165) is 12.1 Å². The predicted octanol–water partition coefficient (Wildman–Crippen LogP) is 4.04. The lowest BCUT2D eigenvalue weighted by molar-refractivity contribution is -0.137. The number of aromatic nitrogens is 1. The lowest BCUT2D eigenvalue weighted by Gasteiger charge is -2.12. The average molecular weight is 442 g/mol. The first-order chi connectivity index (χ1) is 12.3. The van der Waals surface area contributed by atoms with Crippen molar-refractivity contribution in [2.45, 2.75) is 18.7 Å². The number of pyridine rings is 1. The number of halogens is 5. The van der Waals surface area contributed by atoms with Crippen molar-refractivity contribution >= 4 is 36.4 Å². The summed E-state index contributed by atoms with van der Waals surface area (Å²) in [5.74, 6) is 0.119. The summed E-state index contributed by atoms with van der Waals surface area (Å²) in [5.41, 5.74) is 5.14. The number of anilines is 1. The fourth-order valence-corrected chi connectivity index (χ4v) is 2.03. The zero-order valence-corrected chi connectivity index (χ0v) is 16.4. The summed E-state index contributed by atoms with van der Waals surface area (Å²) in [6, 6.07) is 7.32. The molecule has 0 aliphatic rings. The van der Waals surface area contributed by atoms with Crippen LogP contribution in [0.25, 0.3) is 0 Å². The van der Waals surface area contributed by atoms with E-state index in [4.69, 9.17) is 15.2 Å². The molecule has 0 radical (unpaired) electrons. The van der Waals surface area contributed by atoms with Crippen LogP contribution < -0.4 is 15.8 Å². The number of alkyl halides is 3. The molecule has 2 rings (SSSR count). The van der Waals surface area contributed by atoms with Gasteiger partial charge < -0.3 is 20.5 Å². The van der Waals surface area contributed by atoms with Gasteiger partial charge in [-0.3, -0.25) is 4.79 Å². The molecular weight excluding hydrogens is 422 g/mol. The Kier molecular flexibility index (Phi) is 10.8. The van der Waals surface area contributed by atoms with Gasteiger partial charge in [0.2, 0.25) is 11.8 Å². The van der Waals surface area contributed by atoms with Crippen molar-refractivity contribution in [1.29, 1.82) is 0 Å². The molecular formula is C17H20Cl2F3N3O3. The number of rotatable bonds is 7. The zero-order chi connectivity index (χ0) is 19.2. The number of methoxy groups -OCH3 is 1. The third kappa shape index (κ3) is 7.89. The van der Waals surface area contributed by atoms with Gasteiger partial charge in [0.05, 0.1) is 30.0 Å². The minimum atomic E-state index is -4.40. The second-order valence-electron chi connectivity index (χ2n) is 5.36. The number of carbonyl (C=O) groups is 1. The van der Waals surface area contributed by atoms with Gasteiger partial charge in [0.25, 0.3) is 0 Å². The van der Waals surface area contributed by atoms with E-state index in [1.807, 2.05) is 0 Å². The molecule has 0 bridgehead atoms. The molecule has 0 saturated heterocycles. The van der Waals surface area contributed by atoms with Crippen LogP contribution in [0, 0.1) is 0 Å². The van der Waals surface area contributed by atoms with Crippen LogP contribution in [0.1, 0.15) is 12.0 Å². The van der Waals surface area contributed by atoms with Gasteiger partial charge in [-0.05, 0) is 30.3 Å². The number of nitrogens with zero attached hydrogens (tertiary/aromatic N) is 1. The molecule has 2 aromatic rings. The monoisotopic (exact) mass is 441 g/mol. The van der Waals surface area contributed by atoms with E-state index < -0.39 is 11.7 Å². The van der Waals surface area contributed by atoms with Gasteiger partial charge in [-0.1, -0.05) is 0 Å². The first-order valence-electron chi connectivity index (χ1n) is 7.65. The average Bonchev–Trinajstić information content (AvgIpc) is 2.61. The van der Waals surface area contributed by atoms with Crippen LogP contribution in [0.5, 0.6) is 11.6 Å². The highest BCUT2D eigenvalue weighted by molar-refractivity contribution is 5.90. The van der Waals surface area contributed by atoms with Crippen LogP contribution in [0.15, 0.2) is 42.6 Å².